The van der Waals surface area contributed by atoms with Crippen LogP contribution in [0.1, 0.15) is 41.0 Å². The molecule has 0 aliphatic carbocycles. The van der Waals surface area contributed by atoms with E-state index in [4.69, 9.17) is 16.4 Å². The van der Waals surface area contributed by atoms with Crippen molar-refractivity contribution in [2.75, 3.05) is 0 Å². The van der Waals surface area contributed by atoms with Gasteiger partial charge in [-0.1, -0.05) is 28.9 Å². The Labute approximate surface area is 184 Å². The summed E-state index contributed by atoms with van der Waals surface area (Å²) in [4.78, 5) is 43.0. The number of hydrogen-bond donors (Lipinski definition) is 0. The van der Waals surface area contributed by atoms with E-state index >= 15 is 0 Å². The third-order valence-corrected chi connectivity index (χ3v) is 5.23. The van der Waals surface area contributed by atoms with Crippen molar-refractivity contribution in [3.05, 3.63) is 76.5 Å². The Bertz CT molecular complexity index is 1200. The van der Waals surface area contributed by atoms with E-state index in [1.807, 2.05) is 25.1 Å². The topological polar surface area (TPSA) is 94.4 Å². The molecule has 8 heteroatoms. The molecule has 1 aliphatic rings. The molecule has 4 rings (SSSR count). The summed E-state index contributed by atoms with van der Waals surface area (Å²) >= 11 is 5.76. The summed E-state index contributed by atoms with van der Waals surface area (Å²) in [5.41, 5.74) is 3.42. The molecule has 0 N–H and O–H groups in total. The number of nitrogens with zero attached hydrogens (tertiary/aromatic N) is 4. The molecule has 31 heavy (non-hydrogen) atoms. The van der Waals surface area contributed by atoms with Gasteiger partial charge in [-0.2, -0.15) is 0 Å². The van der Waals surface area contributed by atoms with E-state index < -0.39 is 5.60 Å². The molecule has 3 heterocycles. The molecule has 0 amide bonds. The largest absolute Gasteiger partial charge is 0.381 e. The Morgan fingerprint density at radius 2 is 1.87 bits per heavy atom. The van der Waals surface area contributed by atoms with Crippen molar-refractivity contribution < 1.29 is 14.4 Å². The number of carbonyl (C=O) groups excluding carboxylic acids is 2. The van der Waals surface area contributed by atoms with Crippen molar-refractivity contribution in [3.63, 3.8) is 0 Å². The van der Waals surface area contributed by atoms with Crippen LogP contribution in [-0.2, 0) is 16.1 Å². The summed E-state index contributed by atoms with van der Waals surface area (Å²) < 4.78 is 0. The van der Waals surface area contributed by atoms with Crippen molar-refractivity contribution in [2.24, 2.45) is 5.16 Å². The van der Waals surface area contributed by atoms with E-state index in [-0.39, 0.29) is 23.7 Å². The van der Waals surface area contributed by atoms with Gasteiger partial charge in [0, 0.05) is 29.1 Å². The first kappa shape index (κ1) is 20.8. The summed E-state index contributed by atoms with van der Waals surface area (Å²) in [6, 6.07) is 8.79. The minimum atomic E-state index is -0.964. The van der Waals surface area contributed by atoms with Crippen molar-refractivity contribution in [3.8, 4) is 11.3 Å². The average Bonchev–Trinajstić information content (AvgIpc) is 3.02. The lowest BCUT2D eigenvalue weighted by Gasteiger charge is -2.12. The number of ketones is 2. The van der Waals surface area contributed by atoms with Crippen LogP contribution in [0.2, 0.25) is 5.15 Å². The van der Waals surface area contributed by atoms with Crippen molar-refractivity contribution in [1.29, 1.82) is 0 Å². The number of halogens is 1. The van der Waals surface area contributed by atoms with Gasteiger partial charge in [-0.3, -0.25) is 19.6 Å². The van der Waals surface area contributed by atoms with Gasteiger partial charge in [0.25, 0.3) is 0 Å². The normalized spacial score (nSPS) is 14.8. The van der Waals surface area contributed by atoms with Crippen LogP contribution >= 0.6 is 11.6 Å². The first-order valence-corrected chi connectivity index (χ1v) is 10.0. The number of benzene rings is 1. The van der Waals surface area contributed by atoms with Gasteiger partial charge in [0.15, 0.2) is 17.1 Å². The van der Waals surface area contributed by atoms with Gasteiger partial charge in [0.1, 0.15) is 5.15 Å². The lowest BCUT2D eigenvalue weighted by atomic mass is 9.93. The molecular formula is C23H19ClN4O3. The fourth-order valence-corrected chi connectivity index (χ4v) is 3.26. The van der Waals surface area contributed by atoms with Crippen LogP contribution in [0.15, 0.2) is 54.1 Å². The van der Waals surface area contributed by atoms with Gasteiger partial charge in [-0.15, -0.1) is 0 Å². The molecule has 0 spiro atoms. The van der Waals surface area contributed by atoms with Crippen molar-refractivity contribution in [2.45, 2.75) is 32.8 Å². The van der Waals surface area contributed by atoms with Gasteiger partial charge < -0.3 is 4.84 Å². The van der Waals surface area contributed by atoms with Gasteiger partial charge in [-0.05, 0) is 44.5 Å². The van der Waals surface area contributed by atoms with E-state index in [1.165, 1.54) is 6.20 Å². The number of aromatic nitrogens is 3. The van der Waals surface area contributed by atoms with Crippen LogP contribution < -0.4 is 0 Å². The Morgan fingerprint density at radius 1 is 1.06 bits per heavy atom. The SMILES string of the molecule is Cc1ccc(C2=NOC(C)(C)C2=O)cc1-c1cnc(CC(=O)c2ccc(Cl)nc2)cn1. The molecule has 156 valence electrons. The molecule has 1 aromatic carbocycles. The first-order valence-electron chi connectivity index (χ1n) is 9.62. The third-order valence-electron chi connectivity index (χ3n) is 5.01. The Morgan fingerprint density at radius 3 is 2.48 bits per heavy atom. The molecule has 3 aromatic rings. The molecule has 2 aromatic heterocycles. The Balaban J connectivity index is 1.56. The van der Waals surface area contributed by atoms with Crippen molar-refractivity contribution >= 4 is 28.9 Å². The summed E-state index contributed by atoms with van der Waals surface area (Å²) in [5.74, 6) is -0.288. The molecule has 0 radical (unpaired) electrons. The zero-order chi connectivity index (χ0) is 22.2. The predicted octanol–water partition coefficient (Wildman–Crippen LogP) is 4.01. The van der Waals surface area contributed by atoms with Gasteiger partial charge in [0.05, 0.1) is 24.0 Å². The number of rotatable bonds is 5. The minimum absolute atomic E-state index is 0.105. The van der Waals surface area contributed by atoms with Crippen LogP contribution in [0, 0.1) is 6.92 Å². The zero-order valence-corrected chi connectivity index (χ0v) is 18.0. The smallest absolute Gasteiger partial charge is 0.230 e. The van der Waals surface area contributed by atoms with Gasteiger partial charge in [-0.25, -0.2) is 4.98 Å². The highest BCUT2D eigenvalue weighted by atomic mass is 35.5. The predicted molar refractivity (Wildman–Crippen MR) is 116 cm³/mol. The summed E-state index contributed by atoms with van der Waals surface area (Å²) in [5, 5.41) is 4.30. The standard InChI is InChI=1S/C23H19ClN4O3/c1-13-4-5-14(21-22(30)23(2,3)31-28-21)8-17(13)18-12-25-16(11-26-18)9-19(29)15-6-7-20(24)27-10-15/h4-8,10-12H,9H2,1-3H3. The van der Waals surface area contributed by atoms with Crippen LogP contribution in [-0.4, -0.2) is 37.8 Å². The third kappa shape index (κ3) is 4.22. The number of carbonyl (C=O) groups is 2. The molecule has 0 saturated carbocycles. The van der Waals surface area contributed by atoms with E-state index in [1.54, 1.807) is 38.4 Å². The summed E-state index contributed by atoms with van der Waals surface area (Å²) in [7, 11) is 0. The second kappa shape index (κ2) is 8.00. The van der Waals surface area contributed by atoms with Crippen molar-refractivity contribution in [1.82, 2.24) is 15.0 Å². The van der Waals surface area contributed by atoms with E-state index in [0.29, 0.717) is 27.7 Å². The summed E-state index contributed by atoms with van der Waals surface area (Å²) in [6.45, 7) is 5.32. The second-order valence-corrected chi connectivity index (χ2v) is 8.15. The average molecular weight is 435 g/mol. The quantitative estimate of drug-likeness (QED) is 0.445. The maximum absolute atomic E-state index is 12.5. The molecule has 0 fully saturated rings. The number of oxime groups is 1. The second-order valence-electron chi connectivity index (χ2n) is 7.76. The zero-order valence-electron chi connectivity index (χ0n) is 17.2. The maximum atomic E-state index is 12.5. The maximum Gasteiger partial charge on any atom is 0.230 e. The molecule has 0 atom stereocenters. The van der Waals surface area contributed by atoms with Crippen LogP contribution in [0.5, 0.6) is 0 Å². The number of hydrogen-bond acceptors (Lipinski definition) is 7. The molecule has 0 saturated heterocycles. The molecular weight excluding hydrogens is 416 g/mol. The van der Waals surface area contributed by atoms with Crippen LogP contribution in [0.25, 0.3) is 11.3 Å². The first-order chi connectivity index (χ1) is 14.7. The van der Waals surface area contributed by atoms with Gasteiger partial charge >= 0.3 is 0 Å². The van der Waals surface area contributed by atoms with Crippen LogP contribution in [0.4, 0.5) is 0 Å². The van der Waals surface area contributed by atoms with Crippen LogP contribution in [0.3, 0.4) is 0 Å². The monoisotopic (exact) mass is 434 g/mol. The molecule has 7 nitrogen and oxygen atoms in total. The molecule has 0 unspecified atom stereocenters. The highest BCUT2D eigenvalue weighted by molar-refractivity contribution is 6.49. The Kier molecular flexibility index (Phi) is 5.37. The fourth-order valence-electron chi connectivity index (χ4n) is 3.15. The highest BCUT2D eigenvalue weighted by Gasteiger charge is 2.40. The lowest BCUT2D eigenvalue weighted by molar-refractivity contribution is -0.128. The fraction of sp³-hybridized carbons (Fsp3) is 0.217. The number of Topliss-reactive ketones (excluding diaryl/α,β-unsaturated/α-hetero) is 2. The Hall–Kier alpha value is -3.45. The summed E-state index contributed by atoms with van der Waals surface area (Å²) in [6.07, 6.45) is 4.74. The van der Waals surface area contributed by atoms with E-state index in [0.717, 1.165) is 11.1 Å². The van der Waals surface area contributed by atoms with E-state index in [2.05, 4.69) is 20.1 Å². The minimum Gasteiger partial charge on any atom is -0.381 e. The lowest BCUT2D eigenvalue weighted by Crippen LogP contribution is -2.33. The number of aryl methyl sites for hydroxylation is 1. The number of pyridine rings is 1. The van der Waals surface area contributed by atoms with E-state index in [9.17, 15) is 9.59 Å². The molecule has 0 bridgehead atoms. The van der Waals surface area contributed by atoms with Gasteiger partial charge in [0.2, 0.25) is 5.78 Å². The molecule has 1 aliphatic heterocycles. The highest BCUT2D eigenvalue weighted by Crippen LogP contribution is 2.27.